The molecule has 27 heavy (non-hydrogen) atoms. The van der Waals surface area contributed by atoms with Gasteiger partial charge in [0.2, 0.25) is 0 Å². The summed E-state index contributed by atoms with van der Waals surface area (Å²) in [6.07, 6.45) is 3.59. The lowest BCUT2D eigenvalue weighted by Gasteiger charge is -2.09. The molecule has 0 fully saturated rings. The minimum absolute atomic E-state index is 0.552. The Labute approximate surface area is 168 Å². The van der Waals surface area contributed by atoms with E-state index in [1.807, 2.05) is 34.9 Å². The molecule has 1 N–H and O–H groups in total. The topological polar surface area (TPSA) is 29.3 Å². The second kappa shape index (κ2) is 8.03. The molecule has 0 bridgehead atoms. The molecule has 0 aliphatic heterocycles. The van der Waals surface area contributed by atoms with Crippen LogP contribution in [-0.2, 0) is 19.4 Å². The Hall–Kier alpha value is -2.49. The van der Waals surface area contributed by atoms with Crippen LogP contribution in [0.1, 0.15) is 16.8 Å². The van der Waals surface area contributed by atoms with Crippen LogP contribution in [0.25, 0.3) is 5.65 Å². The predicted octanol–water partition coefficient (Wildman–Crippen LogP) is 6.04. The van der Waals surface area contributed by atoms with Crippen molar-refractivity contribution >= 4 is 34.7 Å². The Morgan fingerprint density at radius 3 is 2.22 bits per heavy atom. The van der Waals surface area contributed by atoms with E-state index >= 15 is 0 Å². The summed E-state index contributed by atoms with van der Waals surface area (Å²) in [4.78, 5) is 4.79. The number of hydrogen-bond acceptors (Lipinski definition) is 2. The molecule has 2 aromatic heterocycles. The van der Waals surface area contributed by atoms with E-state index in [0.717, 1.165) is 30.0 Å². The van der Waals surface area contributed by atoms with Gasteiger partial charge in [-0.25, -0.2) is 4.98 Å². The van der Waals surface area contributed by atoms with Crippen LogP contribution in [0.4, 0.5) is 5.82 Å². The van der Waals surface area contributed by atoms with Gasteiger partial charge in [-0.05, 0) is 30.0 Å². The summed E-state index contributed by atoms with van der Waals surface area (Å²) < 4.78 is 1.95. The van der Waals surface area contributed by atoms with E-state index in [1.54, 1.807) is 6.07 Å². The molecule has 4 aromatic rings. The van der Waals surface area contributed by atoms with Gasteiger partial charge in [-0.3, -0.25) is 4.40 Å². The minimum Gasteiger partial charge on any atom is -0.366 e. The fourth-order valence-electron chi connectivity index (χ4n) is 3.17. The Morgan fingerprint density at radius 1 is 0.852 bits per heavy atom. The number of pyridine rings is 1. The van der Waals surface area contributed by atoms with Crippen LogP contribution in [0.15, 0.2) is 72.9 Å². The molecule has 136 valence electrons. The van der Waals surface area contributed by atoms with Crippen LogP contribution in [0.2, 0.25) is 10.0 Å². The molecule has 0 atom stereocenters. The maximum absolute atomic E-state index is 6.39. The first-order chi connectivity index (χ1) is 13.2. The zero-order valence-corrected chi connectivity index (χ0v) is 16.2. The van der Waals surface area contributed by atoms with Gasteiger partial charge in [0.25, 0.3) is 0 Å². The molecule has 0 spiro atoms. The van der Waals surface area contributed by atoms with Gasteiger partial charge in [-0.1, -0.05) is 83.9 Å². The van der Waals surface area contributed by atoms with Crippen LogP contribution in [0.3, 0.4) is 0 Å². The van der Waals surface area contributed by atoms with Crippen molar-refractivity contribution in [2.24, 2.45) is 0 Å². The first-order valence-corrected chi connectivity index (χ1v) is 9.64. The van der Waals surface area contributed by atoms with E-state index < -0.39 is 0 Å². The van der Waals surface area contributed by atoms with Crippen LogP contribution in [-0.4, -0.2) is 9.38 Å². The number of nitrogens with zero attached hydrogens (tertiary/aromatic N) is 2. The van der Waals surface area contributed by atoms with Gasteiger partial charge in [-0.2, -0.15) is 0 Å². The van der Waals surface area contributed by atoms with E-state index in [9.17, 15) is 0 Å². The molecular weight excluding hydrogens is 377 g/mol. The van der Waals surface area contributed by atoms with Crippen molar-refractivity contribution in [1.29, 1.82) is 0 Å². The number of anilines is 1. The molecule has 2 heterocycles. The van der Waals surface area contributed by atoms with E-state index in [-0.39, 0.29) is 0 Å². The fraction of sp³-hybridized carbons (Fsp3) is 0.136. The normalized spacial score (nSPS) is 11.0. The van der Waals surface area contributed by atoms with Crippen molar-refractivity contribution in [1.82, 2.24) is 9.38 Å². The number of imidazole rings is 1. The van der Waals surface area contributed by atoms with Crippen LogP contribution < -0.4 is 5.32 Å². The number of hydrogen-bond donors (Lipinski definition) is 1. The number of rotatable bonds is 6. The Kier molecular flexibility index (Phi) is 5.33. The molecule has 4 rings (SSSR count). The molecule has 0 radical (unpaired) electrons. The van der Waals surface area contributed by atoms with Gasteiger partial charge in [-0.15, -0.1) is 0 Å². The van der Waals surface area contributed by atoms with Gasteiger partial charge >= 0.3 is 0 Å². The molecular formula is C22H19Cl2N3. The third-order valence-corrected chi connectivity index (χ3v) is 4.99. The predicted molar refractivity (Wildman–Crippen MR) is 113 cm³/mol. The van der Waals surface area contributed by atoms with Gasteiger partial charge in [0.15, 0.2) is 5.65 Å². The maximum Gasteiger partial charge on any atom is 0.157 e. The Balaban J connectivity index is 1.67. The van der Waals surface area contributed by atoms with Gasteiger partial charge < -0.3 is 5.32 Å². The second-order valence-electron chi connectivity index (χ2n) is 6.43. The maximum atomic E-state index is 6.39. The molecule has 0 aliphatic carbocycles. The van der Waals surface area contributed by atoms with Gasteiger partial charge in [0.1, 0.15) is 5.82 Å². The standard InChI is InChI=1S/C22H19Cl2N3/c23-18-13-19(24)21-26-20(12-11-16-7-3-1-4-8-16)22(27(21)15-18)25-14-17-9-5-2-6-10-17/h1-10,13,15,25H,11-12,14H2. The Bertz CT molecular complexity index is 1040. The zero-order valence-electron chi connectivity index (χ0n) is 14.7. The summed E-state index contributed by atoms with van der Waals surface area (Å²) in [5.74, 6) is 0.939. The first kappa shape index (κ1) is 17.9. The number of aromatic nitrogens is 2. The summed E-state index contributed by atoms with van der Waals surface area (Å²) in [7, 11) is 0. The van der Waals surface area contributed by atoms with Crippen LogP contribution in [0.5, 0.6) is 0 Å². The summed E-state index contributed by atoms with van der Waals surface area (Å²) >= 11 is 12.6. The van der Waals surface area contributed by atoms with E-state index in [2.05, 4.69) is 41.7 Å². The van der Waals surface area contributed by atoms with Crippen LogP contribution >= 0.6 is 23.2 Å². The molecule has 0 unspecified atom stereocenters. The molecule has 0 saturated carbocycles. The lowest BCUT2D eigenvalue weighted by molar-refractivity contribution is 0.923. The largest absolute Gasteiger partial charge is 0.366 e. The third-order valence-electron chi connectivity index (χ3n) is 4.51. The van der Waals surface area contributed by atoms with Gasteiger partial charge in [0, 0.05) is 12.7 Å². The van der Waals surface area contributed by atoms with Crippen molar-refractivity contribution in [3.05, 3.63) is 99.8 Å². The van der Waals surface area contributed by atoms with E-state index in [4.69, 9.17) is 28.2 Å². The monoisotopic (exact) mass is 395 g/mol. The quantitative estimate of drug-likeness (QED) is 0.431. The minimum atomic E-state index is 0.552. The van der Waals surface area contributed by atoms with Crippen molar-refractivity contribution in [2.45, 2.75) is 19.4 Å². The fourth-order valence-corrected chi connectivity index (χ4v) is 3.68. The van der Waals surface area contributed by atoms with E-state index in [1.165, 1.54) is 11.1 Å². The summed E-state index contributed by atoms with van der Waals surface area (Å²) in [6, 6.07) is 22.4. The molecule has 0 aliphatic rings. The highest BCUT2D eigenvalue weighted by atomic mass is 35.5. The number of fused-ring (bicyclic) bond motifs is 1. The summed E-state index contributed by atoms with van der Waals surface area (Å²) in [6.45, 7) is 0.705. The lowest BCUT2D eigenvalue weighted by atomic mass is 10.1. The number of nitrogens with one attached hydrogen (secondary N) is 1. The number of aryl methyl sites for hydroxylation is 2. The average Bonchev–Trinajstić information content (AvgIpc) is 3.04. The van der Waals surface area contributed by atoms with Crippen molar-refractivity contribution in [3.63, 3.8) is 0 Å². The van der Waals surface area contributed by atoms with E-state index in [0.29, 0.717) is 16.6 Å². The average molecular weight is 396 g/mol. The highest BCUT2D eigenvalue weighted by Crippen LogP contribution is 2.28. The smallest absolute Gasteiger partial charge is 0.157 e. The number of halogens is 2. The van der Waals surface area contributed by atoms with Crippen molar-refractivity contribution < 1.29 is 0 Å². The van der Waals surface area contributed by atoms with Crippen LogP contribution in [0, 0.1) is 0 Å². The molecule has 2 aromatic carbocycles. The SMILES string of the molecule is Clc1cc(Cl)c2nc(CCc3ccccc3)c(NCc3ccccc3)n2c1. The number of benzene rings is 2. The van der Waals surface area contributed by atoms with Crippen molar-refractivity contribution in [2.75, 3.05) is 5.32 Å². The zero-order chi connectivity index (χ0) is 18.6. The second-order valence-corrected chi connectivity index (χ2v) is 7.28. The summed E-state index contributed by atoms with van der Waals surface area (Å²) in [5, 5.41) is 4.66. The Morgan fingerprint density at radius 2 is 1.52 bits per heavy atom. The third kappa shape index (κ3) is 4.10. The molecule has 0 amide bonds. The van der Waals surface area contributed by atoms with Gasteiger partial charge in [0.05, 0.1) is 15.7 Å². The highest BCUT2D eigenvalue weighted by Gasteiger charge is 2.15. The summed E-state index contributed by atoms with van der Waals surface area (Å²) in [5.41, 5.74) is 4.20. The van der Waals surface area contributed by atoms with Crippen molar-refractivity contribution in [3.8, 4) is 0 Å². The molecule has 3 nitrogen and oxygen atoms in total. The first-order valence-electron chi connectivity index (χ1n) is 8.88. The lowest BCUT2D eigenvalue weighted by Crippen LogP contribution is -2.05. The highest BCUT2D eigenvalue weighted by molar-refractivity contribution is 6.36. The molecule has 0 saturated heterocycles. The molecule has 5 heteroatoms.